The van der Waals surface area contributed by atoms with Gasteiger partial charge in [-0.25, -0.2) is 0 Å². The van der Waals surface area contributed by atoms with E-state index < -0.39 is 0 Å². The van der Waals surface area contributed by atoms with Crippen LogP contribution in [0.25, 0.3) is 0 Å². The van der Waals surface area contributed by atoms with Crippen LogP contribution in [0.5, 0.6) is 0 Å². The van der Waals surface area contributed by atoms with Gasteiger partial charge in [-0.3, -0.25) is 9.59 Å². The van der Waals surface area contributed by atoms with Crippen molar-refractivity contribution in [3.05, 3.63) is 0 Å². The Hall–Kier alpha value is -1.06. The zero-order valence-electron chi connectivity index (χ0n) is 9.46. The molecule has 0 bridgehead atoms. The molecular formula is C10H20N2O2. The Morgan fingerprint density at radius 2 is 1.93 bits per heavy atom. The first-order valence-corrected chi connectivity index (χ1v) is 5.03. The molecule has 0 aliphatic heterocycles. The van der Waals surface area contributed by atoms with Crippen LogP contribution in [0.15, 0.2) is 0 Å². The maximum absolute atomic E-state index is 11.1. The normalized spacial score (nSPS) is 10.1. The summed E-state index contributed by atoms with van der Waals surface area (Å²) < 4.78 is 0. The van der Waals surface area contributed by atoms with Crippen molar-refractivity contribution in [1.29, 1.82) is 0 Å². The quantitative estimate of drug-likeness (QED) is 0.712. The SMILES string of the molecule is CCC(=O)NCCN(C(C)=O)C(C)C. The van der Waals surface area contributed by atoms with E-state index in [4.69, 9.17) is 0 Å². The zero-order valence-corrected chi connectivity index (χ0v) is 9.46. The number of rotatable bonds is 5. The van der Waals surface area contributed by atoms with E-state index in [2.05, 4.69) is 5.32 Å². The number of carbonyl (C=O) groups excluding carboxylic acids is 2. The van der Waals surface area contributed by atoms with Gasteiger partial charge < -0.3 is 10.2 Å². The highest BCUT2D eigenvalue weighted by molar-refractivity contribution is 5.76. The molecule has 0 spiro atoms. The Bertz CT molecular complexity index is 202. The van der Waals surface area contributed by atoms with Crippen LogP contribution in [0.2, 0.25) is 0 Å². The highest BCUT2D eigenvalue weighted by Gasteiger charge is 2.11. The first-order valence-electron chi connectivity index (χ1n) is 5.03. The van der Waals surface area contributed by atoms with E-state index in [1.165, 1.54) is 0 Å². The topological polar surface area (TPSA) is 49.4 Å². The third-order valence-electron chi connectivity index (χ3n) is 2.02. The minimum Gasteiger partial charge on any atom is -0.354 e. The predicted molar refractivity (Wildman–Crippen MR) is 55.8 cm³/mol. The van der Waals surface area contributed by atoms with Gasteiger partial charge in [0.15, 0.2) is 0 Å². The molecule has 0 radical (unpaired) electrons. The van der Waals surface area contributed by atoms with Gasteiger partial charge in [0.25, 0.3) is 0 Å². The average molecular weight is 200 g/mol. The molecule has 0 aromatic rings. The fourth-order valence-corrected chi connectivity index (χ4v) is 1.22. The summed E-state index contributed by atoms with van der Waals surface area (Å²) in [5.41, 5.74) is 0. The van der Waals surface area contributed by atoms with Crippen LogP contribution in [0.4, 0.5) is 0 Å². The number of amides is 2. The number of nitrogens with zero attached hydrogens (tertiary/aromatic N) is 1. The molecule has 2 amide bonds. The molecule has 0 aromatic heterocycles. The molecule has 82 valence electrons. The second-order valence-corrected chi connectivity index (χ2v) is 3.51. The molecule has 0 unspecified atom stereocenters. The first-order chi connectivity index (χ1) is 6.49. The van der Waals surface area contributed by atoms with Crippen molar-refractivity contribution >= 4 is 11.8 Å². The Morgan fingerprint density at radius 3 is 2.29 bits per heavy atom. The summed E-state index contributed by atoms with van der Waals surface area (Å²) in [6, 6.07) is 0.186. The largest absolute Gasteiger partial charge is 0.354 e. The smallest absolute Gasteiger partial charge is 0.219 e. The van der Waals surface area contributed by atoms with Crippen molar-refractivity contribution in [3.63, 3.8) is 0 Å². The van der Waals surface area contributed by atoms with E-state index in [0.29, 0.717) is 19.5 Å². The van der Waals surface area contributed by atoms with Gasteiger partial charge in [0, 0.05) is 32.5 Å². The molecule has 4 heteroatoms. The third-order valence-corrected chi connectivity index (χ3v) is 2.02. The van der Waals surface area contributed by atoms with Crippen LogP contribution in [0.3, 0.4) is 0 Å². The Morgan fingerprint density at radius 1 is 1.36 bits per heavy atom. The molecule has 14 heavy (non-hydrogen) atoms. The van der Waals surface area contributed by atoms with Gasteiger partial charge in [-0.15, -0.1) is 0 Å². The van der Waals surface area contributed by atoms with E-state index in [1.54, 1.807) is 18.7 Å². The van der Waals surface area contributed by atoms with E-state index in [9.17, 15) is 9.59 Å². The Labute approximate surface area is 85.7 Å². The molecule has 1 N–H and O–H groups in total. The molecule has 0 saturated carbocycles. The first kappa shape index (κ1) is 12.9. The van der Waals surface area contributed by atoms with E-state index in [1.807, 2.05) is 13.8 Å². The van der Waals surface area contributed by atoms with Gasteiger partial charge in [0.2, 0.25) is 11.8 Å². The molecule has 0 saturated heterocycles. The predicted octanol–water partition coefficient (Wildman–Crippen LogP) is 0.769. The Kier molecular flexibility index (Phi) is 5.92. The van der Waals surface area contributed by atoms with Crippen molar-refractivity contribution in [2.75, 3.05) is 13.1 Å². The minimum atomic E-state index is 0.0252. The van der Waals surface area contributed by atoms with Crippen molar-refractivity contribution in [2.24, 2.45) is 0 Å². The lowest BCUT2D eigenvalue weighted by molar-refractivity contribution is -0.131. The summed E-state index contributed by atoms with van der Waals surface area (Å²) in [5.74, 6) is 0.0722. The second kappa shape index (κ2) is 6.40. The number of hydrogen-bond acceptors (Lipinski definition) is 2. The summed E-state index contributed by atoms with van der Waals surface area (Å²) in [4.78, 5) is 23.8. The molecule has 0 heterocycles. The van der Waals surface area contributed by atoms with Crippen molar-refractivity contribution in [1.82, 2.24) is 10.2 Å². The highest BCUT2D eigenvalue weighted by atomic mass is 16.2. The maximum atomic E-state index is 11.1. The molecule has 0 rings (SSSR count). The molecule has 0 aromatic carbocycles. The second-order valence-electron chi connectivity index (χ2n) is 3.51. The lowest BCUT2D eigenvalue weighted by Gasteiger charge is -2.25. The molecule has 0 atom stereocenters. The number of hydrogen-bond donors (Lipinski definition) is 1. The summed E-state index contributed by atoms with van der Waals surface area (Å²) in [6.45, 7) is 8.39. The van der Waals surface area contributed by atoms with Crippen LogP contribution >= 0.6 is 0 Å². The molecule has 0 aliphatic rings. The van der Waals surface area contributed by atoms with Crippen LogP contribution in [-0.2, 0) is 9.59 Å². The Balaban J connectivity index is 3.84. The van der Waals surface area contributed by atoms with Crippen LogP contribution < -0.4 is 5.32 Å². The lowest BCUT2D eigenvalue weighted by Crippen LogP contribution is -2.41. The molecule has 0 aliphatic carbocycles. The maximum Gasteiger partial charge on any atom is 0.219 e. The van der Waals surface area contributed by atoms with Crippen LogP contribution in [0.1, 0.15) is 34.1 Å². The third kappa shape index (κ3) is 4.84. The van der Waals surface area contributed by atoms with Gasteiger partial charge in [0.1, 0.15) is 0 Å². The number of nitrogens with one attached hydrogen (secondary N) is 1. The minimum absolute atomic E-state index is 0.0252. The monoisotopic (exact) mass is 200 g/mol. The van der Waals surface area contributed by atoms with Gasteiger partial charge in [0.05, 0.1) is 0 Å². The highest BCUT2D eigenvalue weighted by Crippen LogP contribution is 1.97. The summed E-state index contributed by atoms with van der Waals surface area (Å²) in [7, 11) is 0. The van der Waals surface area contributed by atoms with Crippen molar-refractivity contribution in [2.45, 2.75) is 40.2 Å². The summed E-state index contributed by atoms with van der Waals surface area (Å²) in [6.07, 6.45) is 0.488. The van der Waals surface area contributed by atoms with Crippen LogP contribution in [-0.4, -0.2) is 35.8 Å². The fraction of sp³-hybridized carbons (Fsp3) is 0.800. The molecule has 0 fully saturated rings. The average Bonchev–Trinajstić information content (AvgIpc) is 2.10. The molecular weight excluding hydrogens is 180 g/mol. The number of carbonyl (C=O) groups is 2. The van der Waals surface area contributed by atoms with Gasteiger partial charge in [-0.1, -0.05) is 6.92 Å². The summed E-state index contributed by atoms with van der Waals surface area (Å²) >= 11 is 0. The lowest BCUT2D eigenvalue weighted by atomic mass is 10.3. The van der Waals surface area contributed by atoms with Gasteiger partial charge in [-0.05, 0) is 13.8 Å². The van der Waals surface area contributed by atoms with E-state index in [0.717, 1.165) is 0 Å². The van der Waals surface area contributed by atoms with Gasteiger partial charge >= 0.3 is 0 Å². The van der Waals surface area contributed by atoms with Crippen molar-refractivity contribution in [3.8, 4) is 0 Å². The molecule has 4 nitrogen and oxygen atoms in total. The fourth-order valence-electron chi connectivity index (χ4n) is 1.22. The summed E-state index contributed by atoms with van der Waals surface area (Å²) in [5, 5.41) is 2.74. The standard InChI is InChI=1S/C10H20N2O2/c1-5-10(14)11-6-7-12(8(2)3)9(4)13/h8H,5-7H2,1-4H3,(H,11,14). The van der Waals surface area contributed by atoms with Crippen LogP contribution in [0, 0.1) is 0 Å². The van der Waals surface area contributed by atoms with Gasteiger partial charge in [-0.2, -0.15) is 0 Å². The zero-order chi connectivity index (χ0) is 11.1. The van der Waals surface area contributed by atoms with E-state index >= 15 is 0 Å². The van der Waals surface area contributed by atoms with Crippen molar-refractivity contribution < 1.29 is 9.59 Å². The van der Waals surface area contributed by atoms with E-state index in [-0.39, 0.29) is 17.9 Å².